The summed E-state index contributed by atoms with van der Waals surface area (Å²) < 4.78 is 19.8. The Morgan fingerprint density at radius 3 is 2.51 bits per heavy atom. The second-order valence-electron chi connectivity index (χ2n) is 15.4. The average molecular weight is 667 g/mol. The zero-order valence-corrected chi connectivity index (χ0v) is 29.1. The van der Waals surface area contributed by atoms with Gasteiger partial charge in [-0.25, -0.2) is 8.91 Å². The summed E-state index contributed by atoms with van der Waals surface area (Å²) in [5.41, 5.74) is 8.48. The van der Waals surface area contributed by atoms with E-state index in [-0.39, 0.29) is 29.7 Å². The van der Waals surface area contributed by atoms with E-state index in [1.54, 1.807) is 12.1 Å². The van der Waals surface area contributed by atoms with E-state index >= 15 is 4.39 Å². The van der Waals surface area contributed by atoms with Crippen molar-refractivity contribution in [3.8, 4) is 11.4 Å². The highest BCUT2D eigenvalue weighted by Crippen LogP contribution is 2.42. The number of hydrogen-bond acceptors (Lipinski definition) is 5. The summed E-state index contributed by atoms with van der Waals surface area (Å²) in [6.45, 7) is 10.9. The largest absolute Gasteiger partial charge is 0.393 e. The third-order valence-electron chi connectivity index (χ3n) is 12.1. The van der Waals surface area contributed by atoms with E-state index in [2.05, 4.69) is 52.7 Å². The Balaban J connectivity index is 1.11. The van der Waals surface area contributed by atoms with Crippen molar-refractivity contribution in [1.82, 2.24) is 29.3 Å². The van der Waals surface area contributed by atoms with E-state index in [9.17, 15) is 9.90 Å². The van der Waals surface area contributed by atoms with Crippen molar-refractivity contribution < 1.29 is 14.3 Å². The first kappa shape index (κ1) is 32.5. The molecule has 3 aromatic heterocycles. The first-order valence-electron chi connectivity index (χ1n) is 18.7. The molecule has 9 heteroatoms. The predicted molar refractivity (Wildman–Crippen MR) is 193 cm³/mol. The molecule has 5 heterocycles. The minimum atomic E-state index is -0.264. The number of pyridine rings is 1. The number of amides is 1. The Bertz CT molecular complexity index is 1870. The number of nitrogens with one attached hydrogen (secondary N) is 1. The molecule has 2 aliphatic heterocycles. The molecular formula is C40H51FN6O2. The topological polar surface area (TPSA) is 78.0 Å². The van der Waals surface area contributed by atoms with Crippen LogP contribution < -0.4 is 5.32 Å². The number of aliphatic hydroxyl groups excluding tert-OH is 1. The number of likely N-dealkylation sites (tertiary alicyclic amines) is 2. The Hall–Kier alpha value is -3.69. The van der Waals surface area contributed by atoms with Crippen LogP contribution in [0.15, 0.2) is 43.1 Å². The van der Waals surface area contributed by atoms with Crippen molar-refractivity contribution in [2.75, 3.05) is 33.2 Å². The summed E-state index contributed by atoms with van der Waals surface area (Å²) in [6, 6.07) is 10.4. The predicted octanol–water partition coefficient (Wildman–Crippen LogP) is 6.73. The van der Waals surface area contributed by atoms with Gasteiger partial charge in [0.05, 0.1) is 22.8 Å². The molecule has 0 spiro atoms. The molecule has 2 saturated heterocycles. The summed E-state index contributed by atoms with van der Waals surface area (Å²) in [6.07, 6.45) is 11.3. The van der Waals surface area contributed by atoms with Gasteiger partial charge in [-0.15, -0.1) is 0 Å². The van der Waals surface area contributed by atoms with Gasteiger partial charge in [0.1, 0.15) is 11.5 Å². The van der Waals surface area contributed by atoms with Crippen molar-refractivity contribution >= 4 is 28.0 Å². The molecule has 0 radical (unpaired) electrons. The number of fused-ring (bicyclic) bond motifs is 2. The molecule has 4 aliphatic rings. The molecule has 2 saturated carbocycles. The van der Waals surface area contributed by atoms with Crippen molar-refractivity contribution in [1.29, 1.82) is 0 Å². The van der Waals surface area contributed by atoms with E-state index in [0.717, 1.165) is 102 Å². The van der Waals surface area contributed by atoms with Gasteiger partial charge in [-0.3, -0.25) is 4.79 Å². The van der Waals surface area contributed by atoms with Crippen LogP contribution in [-0.2, 0) is 11.3 Å². The molecule has 4 aromatic rings. The molecule has 0 unspecified atom stereocenters. The van der Waals surface area contributed by atoms with Crippen LogP contribution in [0.5, 0.6) is 0 Å². The zero-order chi connectivity index (χ0) is 33.8. The van der Waals surface area contributed by atoms with Gasteiger partial charge in [0.25, 0.3) is 0 Å². The van der Waals surface area contributed by atoms with Crippen molar-refractivity contribution in [2.45, 2.75) is 95.7 Å². The maximum absolute atomic E-state index is 15.4. The number of benzene rings is 1. The van der Waals surface area contributed by atoms with Crippen LogP contribution in [0.4, 0.5) is 4.39 Å². The molecule has 1 amide bonds. The van der Waals surface area contributed by atoms with Gasteiger partial charge in [-0.2, -0.15) is 5.10 Å². The third kappa shape index (κ3) is 6.29. The molecule has 2 aliphatic carbocycles. The van der Waals surface area contributed by atoms with Gasteiger partial charge >= 0.3 is 0 Å². The number of likely N-dealkylation sites (N-methyl/N-ethyl adjacent to an activating group) is 1. The van der Waals surface area contributed by atoms with Gasteiger partial charge in [0, 0.05) is 73.1 Å². The monoisotopic (exact) mass is 666 g/mol. The van der Waals surface area contributed by atoms with Gasteiger partial charge in [0.2, 0.25) is 5.91 Å². The zero-order valence-electron chi connectivity index (χ0n) is 29.1. The summed E-state index contributed by atoms with van der Waals surface area (Å²) >= 11 is 0. The normalized spacial score (nSPS) is 23.9. The van der Waals surface area contributed by atoms with Crippen LogP contribution in [0.1, 0.15) is 86.8 Å². The lowest BCUT2D eigenvalue weighted by Crippen LogP contribution is -2.43. The van der Waals surface area contributed by atoms with Crippen LogP contribution in [0.2, 0.25) is 0 Å². The number of hydrogen-bond donors (Lipinski definition) is 2. The standard InChI is InChI=1S/C40H51FN6O2/c1-25-36-13-10-30(26(2)45-16-4-5-33(24-45)42-3)23-47(36)43-38(25)37-20-31-19-32(41)21-35(39(31)46(37)22-27-6-7-27)28-14-17-44(18-15-28)40(49)29-8-11-34(48)12-9-29/h10,13,19-21,23,27-29,33-34,42,48H,2,4-9,11-12,14-18,22,24H2,1,3H3/t29?,33-,34?/m1/s1. The molecular weight excluding hydrogens is 615 g/mol. The van der Waals surface area contributed by atoms with Crippen LogP contribution in [0.3, 0.4) is 0 Å². The lowest BCUT2D eigenvalue weighted by atomic mass is 9.84. The van der Waals surface area contributed by atoms with E-state index in [0.29, 0.717) is 37.9 Å². The summed E-state index contributed by atoms with van der Waals surface area (Å²) in [7, 11) is 2.04. The highest BCUT2D eigenvalue weighted by atomic mass is 19.1. The summed E-state index contributed by atoms with van der Waals surface area (Å²) in [5, 5.41) is 19.5. The number of halogens is 1. The Kier molecular flexibility index (Phi) is 8.77. The second-order valence-corrected chi connectivity index (χ2v) is 15.4. The Labute approximate surface area is 288 Å². The number of aromatic nitrogens is 3. The van der Waals surface area contributed by atoms with Crippen LogP contribution in [0.25, 0.3) is 33.5 Å². The Morgan fingerprint density at radius 2 is 1.78 bits per heavy atom. The number of carbonyl (C=O) groups is 1. The first-order valence-corrected chi connectivity index (χ1v) is 18.7. The highest BCUT2D eigenvalue weighted by molar-refractivity contribution is 5.91. The second kappa shape index (κ2) is 13.2. The first-order chi connectivity index (χ1) is 23.8. The minimum Gasteiger partial charge on any atom is -0.393 e. The molecule has 1 atom stereocenters. The lowest BCUT2D eigenvalue weighted by Gasteiger charge is -2.36. The molecule has 0 bridgehead atoms. The van der Waals surface area contributed by atoms with Crippen LogP contribution >= 0.6 is 0 Å². The van der Waals surface area contributed by atoms with E-state index in [4.69, 9.17) is 5.10 Å². The highest BCUT2D eigenvalue weighted by Gasteiger charge is 2.33. The third-order valence-corrected chi connectivity index (χ3v) is 12.1. The minimum absolute atomic E-state index is 0.0254. The molecule has 4 fully saturated rings. The molecule has 260 valence electrons. The van der Waals surface area contributed by atoms with Crippen molar-refractivity contribution in [3.63, 3.8) is 0 Å². The number of aryl methyl sites for hydroxylation is 1. The maximum Gasteiger partial charge on any atom is 0.225 e. The van der Waals surface area contributed by atoms with E-state index in [1.165, 1.54) is 19.3 Å². The van der Waals surface area contributed by atoms with E-state index in [1.807, 2.05) is 16.5 Å². The molecule has 49 heavy (non-hydrogen) atoms. The molecule has 8 nitrogen and oxygen atoms in total. The average Bonchev–Trinajstić information content (AvgIpc) is 3.80. The number of carbonyl (C=O) groups excluding carboxylic acids is 1. The maximum atomic E-state index is 15.4. The fourth-order valence-corrected chi connectivity index (χ4v) is 8.88. The number of piperidine rings is 2. The van der Waals surface area contributed by atoms with Gasteiger partial charge in [-0.1, -0.05) is 6.58 Å². The number of aliphatic hydroxyl groups is 1. The number of nitrogens with zero attached hydrogens (tertiary/aromatic N) is 5. The van der Waals surface area contributed by atoms with Crippen LogP contribution in [-0.4, -0.2) is 80.4 Å². The van der Waals surface area contributed by atoms with Crippen molar-refractivity contribution in [3.05, 3.63) is 65.6 Å². The summed E-state index contributed by atoms with van der Waals surface area (Å²) in [5.74, 6) is 0.867. The van der Waals surface area contributed by atoms with Crippen LogP contribution in [0, 0.1) is 24.6 Å². The van der Waals surface area contributed by atoms with Gasteiger partial charge < -0.3 is 24.8 Å². The SMILES string of the molecule is C=C(c1ccc2c(C)c(-c3cc4cc(F)cc(C5CCN(C(=O)C6CCC(O)CC6)CC5)c4n3CC3CC3)nn2c1)N1CCC[C@@H](NC)C1. The van der Waals surface area contributed by atoms with E-state index < -0.39 is 0 Å². The van der Waals surface area contributed by atoms with Crippen molar-refractivity contribution in [2.24, 2.45) is 11.8 Å². The molecule has 8 rings (SSSR count). The Morgan fingerprint density at radius 1 is 1.00 bits per heavy atom. The molecule has 2 N–H and O–H groups in total. The fraction of sp³-hybridized carbons (Fsp3) is 0.550. The summed E-state index contributed by atoms with van der Waals surface area (Å²) in [4.78, 5) is 17.8. The smallest absolute Gasteiger partial charge is 0.225 e. The van der Waals surface area contributed by atoms with Gasteiger partial charge in [0.15, 0.2) is 0 Å². The number of rotatable bonds is 8. The molecule has 1 aromatic carbocycles. The quantitative estimate of drug-likeness (QED) is 0.218. The lowest BCUT2D eigenvalue weighted by molar-refractivity contribution is -0.138. The fourth-order valence-electron chi connectivity index (χ4n) is 8.88. The van der Waals surface area contributed by atoms with Gasteiger partial charge in [-0.05, 0) is 126 Å².